The molecule has 1 aromatic heterocycles. The monoisotopic (exact) mass is 359 g/mol. The number of nitrogens with one attached hydrogen (secondary N) is 1. The average Bonchev–Trinajstić information content (AvgIpc) is 2.96. The highest BCUT2D eigenvalue weighted by molar-refractivity contribution is 8.03. The minimum atomic E-state index is 0.125. The molecular weight excluding hydrogens is 334 g/mol. The molecule has 22 heavy (non-hydrogen) atoms. The normalized spacial score (nSPS) is 21.7. The third kappa shape index (κ3) is 6.46. The van der Waals surface area contributed by atoms with E-state index in [4.69, 9.17) is 0 Å². The van der Waals surface area contributed by atoms with Gasteiger partial charge in [0.25, 0.3) is 0 Å². The highest BCUT2D eigenvalue weighted by Gasteiger charge is 2.19. The topological polar surface area (TPSA) is 54.9 Å². The summed E-state index contributed by atoms with van der Waals surface area (Å²) in [6.07, 6.45) is 7.10. The van der Waals surface area contributed by atoms with E-state index in [9.17, 15) is 4.79 Å². The van der Waals surface area contributed by atoms with E-state index < -0.39 is 0 Å². The minimum Gasteiger partial charge on any atom is -0.353 e. The van der Waals surface area contributed by atoms with Crippen LogP contribution in [0.3, 0.4) is 0 Å². The van der Waals surface area contributed by atoms with Crippen LogP contribution >= 0.6 is 34.9 Å². The van der Waals surface area contributed by atoms with Gasteiger partial charge in [0.1, 0.15) is 0 Å². The fourth-order valence-electron chi connectivity index (χ4n) is 2.42. The first-order chi connectivity index (χ1) is 10.7. The van der Waals surface area contributed by atoms with Gasteiger partial charge in [-0.05, 0) is 38.0 Å². The van der Waals surface area contributed by atoms with E-state index in [1.807, 2.05) is 0 Å². The predicted molar refractivity (Wildman–Crippen MR) is 95.8 cm³/mol. The van der Waals surface area contributed by atoms with Gasteiger partial charge >= 0.3 is 0 Å². The average molecular weight is 360 g/mol. The van der Waals surface area contributed by atoms with Gasteiger partial charge in [-0.15, -0.1) is 10.2 Å². The lowest BCUT2D eigenvalue weighted by Gasteiger charge is -2.26. The first-order valence-electron chi connectivity index (χ1n) is 8.05. The Labute approximate surface area is 145 Å². The zero-order valence-electron chi connectivity index (χ0n) is 13.3. The SMILES string of the molecule is CCCCSc1nnc(SCC(=O)NC2CCC(C)CC2)s1. The fraction of sp³-hybridized carbons (Fsp3) is 0.800. The van der Waals surface area contributed by atoms with Crippen molar-refractivity contribution >= 4 is 40.8 Å². The van der Waals surface area contributed by atoms with E-state index in [0.717, 1.165) is 33.2 Å². The molecule has 1 heterocycles. The van der Waals surface area contributed by atoms with Gasteiger partial charge in [-0.3, -0.25) is 4.79 Å². The predicted octanol–water partition coefficient (Wildman–Crippen LogP) is 4.22. The third-order valence-electron chi connectivity index (χ3n) is 3.82. The summed E-state index contributed by atoms with van der Waals surface area (Å²) in [6.45, 7) is 4.48. The number of hydrogen-bond donors (Lipinski definition) is 1. The van der Waals surface area contributed by atoms with Crippen molar-refractivity contribution in [2.24, 2.45) is 5.92 Å². The molecule has 1 aliphatic rings. The number of unbranched alkanes of at least 4 members (excludes halogenated alkanes) is 1. The molecule has 0 bridgehead atoms. The van der Waals surface area contributed by atoms with Crippen LogP contribution < -0.4 is 5.32 Å². The lowest BCUT2D eigenvalue weighted by molar-refractivity contribution is -0.119. The van der Waals surface area contributed by atoms with Crippen LogP contribution in [0.15, 0.2) is 8.68 Å². The number of carbonyl (C=O) groups excluding carboxylic acids is 1. The van der Waals surface area contributed by atoms with Gasteiger partial charge in [-0.1, -0.05) is 55.1 Å². The lowest BCUT2D eigenvalue weighted by atomic mass is 9.87. The number of carbonyl (C=O) groups is 1. The maximum atomic E-state index is 12.0. The quantitative estimate of drug-likeness (QED) is 0.556. The molecule has 4 nitrogen and oxygen atoms in total. The number of hydrogen-bond acceptors (Lipinski definition) is 6. The van der Waals surface area contributed by atoms with E-state index in [0.29, 0.717) is 11.8 Å². The first kappa shape index (κ1) is 18.1. The molecule has 124 valence electrons. The van der Waals surface area contributed by atoms with Crippen molar-refractivity contribution in [1.29, 1.82) is 0 Å². The van der Waals surface area contributed by atoms with Gasteiger partial charge in [0.15, 0.2) is 8.68 Å². The van der Waals surface area contributed by atoms with Crippen LogP contribution in [-0.4, -0.2) is 33.7 Å². The highest BCUT2D eigenvalue weighted by Crippen LogP contribution is 2.29. The summed E-state index contributed by atoms with van der Waals surface area (Å²) < 4.78 is 1.91. The van der Waals surface area contributed by atoms with Crippen LogP contribution in [0.2, 0.25) is 0 Å². The van der Waals surface area contributed by atoms with Gasteiger partial charge in [0, 0.05) is 11.8 Å². The maximum absolute atomic E-state index is 12.0. The third-order valence-corrected chi connectivity index (χ3v) is 7.10. The Kier molecular flexibility index (Phi) is 8.03. The molecule has 1 amide bonds. The maximum Gasteiger partial charge on any atom is 0.230 e. The Morgan fingerprint density at radius 3 is 2.59 bits per heavy atom. The first-order valence-corrected chi connectivity index (χ1v) is 10.8. The van der Waals surface area contributed by atoms with Crippen molar-refractivity contribution in [3.05, 3.63) is 0 Å². The van der Waals surface area contributed by atoms with E-state index in [1.54, 1.807) is 23.1 Å². The molecule has 0 aliphatic heterocycles. The summed E-state index contributed by atoms with van der Waals surface area (Å²) in [5, 5.41) is 11.5. The second-order valence-corrected chi connectivity index (χ2v) is 9.39. The van der Waals surface area contributed by atoms with Crippen LogP contribution in [-0.2, 0) is 4.79 Å². The molecule has 7 heteroatoms. The van der Waals surface area contributed by atoms with E-state index in [-0.39, 0.29) is 5.91 Å². The second-order valence-electron chi connectivity index (χ2n) is 5.85. The Bertz CT molecular complexity index is 459. The zero-order valence-corrected chi connectivity index (χ0v) is 15.8. The molecule has 0 unspecified atom stereocenters. The van der Waals surface area contributed by atoms with Crippen molar-refractivity contribution in [3.63, 3.8) is 0 Å². The number of aromatic nitrogens is 2. The van der Waals surface area contributed by atoms with Gasteiger partial charge in [0.05, 0.1) is 5.75 Å². The molecule has 1 saturated carbocycles. The highest BCUT2D eigenvalue weighted by atomic mass is 32.2. The lowest BCUT2D eigenvalue weighted by Crippen LogP contribution is -2.38. The molecule has 1 fully saturated rings. The Hall–Kier alpha value is -0.270. The molecule has 1 aliphatic carbocycles. The van der Waals surface area contributed by atoms with Crippen molar-refractivity contribution in [1.82, 2.24) is 15.5 Å². The Morgan fingerprint density at radius 2 is 1.91 bits per heavy atom. The van der Waals surface area contributed by atoms with Crippen molar-refractivity contribution in [3.8, 4) is 0 Å². The van der Waals surface area contributed by atoms with Gasteiger partial charge in [-0.25, -0.2) is 0 Å². The van der Waals surface area contributed by atoms with Crippen LogP contribution in [0.4, 0.5) is 0 Å². The van der Waals surface area contributed by atoms with Gasteiger partial charge < -0.3 is 5.32 Å². The van der Waals surface area contributed by atoms with E-state index in [2.05, 4.69) is 29.4 Å². The summed E-state index contributed by atoms with van der Waals surface area (Å²) in [4.78, 5) is 12.0. The molecule has 0 spiro atoms. The molecule has 0 radical (unpaired) electrons. The van der Waals surface area contributed by atoms with Crippen LogP contribution in [0.1, 0.15) is 52.4 Å². The molecule has 1 aromatic rings. The number of nitrogens with zero attached hydrogens (tertiary/aromatic N) is 2. The smallest absolute Gasteiger partial charge is 0.230 e. The van der Waals surface area contributed by atoms with Gasteiger partial charge in [0.2, 0.25) is 5.91 Å². The molecule has 0 saturated heterocycles. The van der Waals surface area contributed by atoms with Crippen LogP contribution in [0.25, 0.3) is 0 Å². The Morgan fingerprint density at radius 1 is 1.23 bits per heavy atom. The number of thioether (sulfide) groups is 2. The van der Waals surface area contributed by atoms with Crippen LogP contribution in [0, 0.1) is 5.92 Å². The molecule has 1 N–H and O–H groups in total. The van der Waals surface area contributed by atoms with Gasteiger partial charge in [-0.2, -0.15) is 0 Å². The van der Waals surface area contributed by atoms with Crippen molar-refractivity contribution < 1.29 is 4.79 Å². The largest absolute Gasteiger partial charge is 0.353 e. The summed E-state index contributed by atoms with van der Waals surface area (Å²) in [5.41, 5.74) is 0. The van der Waals surface area contributed by atoms with Crippen LogP contribution in [0.5, 0.6) is 0 Å². The molecule has 2 rings (SSSR count). The second kappa shape index (κ2) is 9.78. The van der Waals surface area contributed by atoms with Crippen molar-refractivity contribution in [2.45, 2.75) is 67.1 Å². The summed E-state index contributed by atoms with van der Waals surface area (Å²) in [6, 6.07) is 0.374. The zero-order chi connectivity index (χ0) is 15.8. The summed E-state index contributed by atoms with van der Waals surface area (Å²) in [5.74, 6) is 2.48. The number of amides is 1. The molecule has 0 aromatic carbocycles. The molecular formula is C15H25N3OS3. The summed E-state index contributed by atoms with van der Waals surface area (Å²) in [7, 11) is 0. The Balaban J connectivity index is 1.65. The van der Waals surface area contributed by atoms with Crippen molar-refractivity contribution in [2.75, 3.05) is 11.5 Å². The van der Waals surface area contributed by atoms with E-state index >= 15 is 0 Å². The minimum absolute atomic E-state index is 0.125. The fourth-order valence-corrected chi connectivity index (χ4v) is 5.40. The van der Waals surface area contributed by atoms with E-state index in [1.165, 1.54) is 37.4 Å². The number of rotatable bonds is 8. The standard InChI is InChI=1S/C15H25N3OS3/c1-3-4-9-20-14-17-18-15(22-14)21-10-13(19)16-12-7-5-11(2)6-8-12/h11-12H,3-10H2,1-2H3,(H,16,19). The molecule has 0 atom stereocenters. The summed E-state index contributed by atoms with van der Waals surface area (Å²) >= 11 is 4.85.